The van der Waals surface area contributed by atoms with Crippen molar-refractivity contribution in [3.05, 3.63) is 28.3 Å². The highest BCUT2D eigenvalue weighted by molar-refractivity contribution is 6.30. The summed E-state index contributed by atoms with van der Waals surface area (Å²) in [6.07, 6.45) is 1.79. The Labute approximate surface area is 94.9 Å². The van der Waals surface area contributed by atoms with Gasteiger partial charge in [0.05, 0.1) is 0 Å². The molecule has 0 aliphatic rings. The second kappa shape index (κ2) is 5.17. The molecule has 0 aliphatic carbocycles. The lowest BCUT2D eigenvalue weighted by Crippen LogP contribution is -1.94. The second-order valence-electron chi connectivity index (χ2n) is 3.86. The Morgan fingerprint density at radius 3 is 2.67 bits per heavy atom. The lowest BCUT2D eigenvalue weighted by atomic mass is 9.97. The van der Waals surface area contributed by atoms with E-state index in [2.05, 4.69) is 0 Å². The molecule has 0 saturated carbocycles. The molecule has 0 radical (unpaired) electrons. The SMILES string of the molecule is CC(C)c1cc(Cl)cc(CCC=O)c1O. The van der Waals surface area contributed by atoms with Gasteiger partial charge in [0, 0.05) is 11.4 Å². The van der Waals surface area contributed by atoms with Gasteiger partial charge in [-0.05, 0) is 35.6 Å². The summed E-state index contributed by atoms with van der Waals surface area (Å²) >= 11 is 5.95. The normalized spacial score (nSPS) is 10.7. The van der Waals surface area contributed by atoms with Gasteiger partial charge in [-0.3, -0.25) is 0 Å². The third-order valence-electron chi connectivity index (χ3n) is 2.34. The molecule has 0 aromatic heterocycles. The van der Waals surface area contributed by atoms with E-state index in [-0.39, 0.29) is 11.7 Å². The predicted octanol–water partition coefficient (Wildman–Crippen LogP) is 3.30. The third kappa shape index (κ3) is 2.96. The van der Waals surface area contributed by atoms with Crippen LogP contribution in [0.25, 0.3) is 0 Å². The minimum atomic E-state index is 0.221. The molecular formula is C12H15ClO2. The van der Waals surface area contributed by atoms with Crippen LogP contribution in [0.1, 0.15) is 37.3 Å². The highest BCUT2D eigenvalue weighted by Crippen LogP contribution is 2.32. The average Bonchev–Trinajstić information content (AvgIpc) is 2.18. The Kier molecular flexibility index (Phi) is 4.15. The number of phenolic OH excluding ortho intramolecular Hbond substituents is 1. The second-order valence-corrected chi connectivity index (χ2v) is 4.30. The zero-order chi connectivity index (χ0) is 11.4. The van der Waals surface area contributed by atoms with Crippen molar-refractivity contribution < 1.29 is 9.90 Å². The molecule has 0 fully saturated rings. The van der Waals surface area contributed by atoms with Crippen LogP contribution in [-0.4, -0.2) is 11.4 Å². The van der Waals surface area contributed by atoms with Crippen LogP contribution in [0, 0.1) is 0 Å². The van der Waals surface area contributed by atoms with E-state index >= 15 is 0 Å². The summed E-state index contributed by atoms with van der Waals surface area (Å²) in [4.78, 5) is 10.3. The van der Waals surface area contributed by atoms with Crippen molar-refractivity contribution >= 4 is 17.9 Å². The van der Waals surface area contributed by atoms with Gasteiger partial charge in [-0.15, -0.1) is 0 Å². The first-order valence-electron chi connectivity index (χ1n) is 5.01. The van der Waals surface area contributed by atoms with E-state index in [0.29, 0.717) is 17.9 Å². The lowest BCUT2D eigenvalue weighted by Gasteiger charge is -2.12. The van der Waals surface area contributed by atoms with E-state index in [4.69, 9.17) is 11.6 Å². The number of rotatable bonds is 4. The van der Waals surface area contributed by atoms with Gasteiger partial charge in [0.2, 0.25) is 0 Å². The topological polar surface area (TPSA) is 37.3 Å². The Bertz CT molecular complexity index is 359. The minimum absolute atomic E-state index is 0.221. The number of carbonyl (C=O) groups excluding carboxylic acids is 1. The van der Waals surface area contributed by atoms with Crippen molar-refractivity contribution in [1.29, 1.82) is 0 Å². The van der Waals surface area contributed by atoms with Crippen molar-refractivity contribution in [3.63, 3.8) is 0 Å². The molecule has 0 saturated heterocycles. The van der Waals surface area contributed by atoms with Crippen LogP contribution in [0.4, 0.5) is 0 Å². The Morgan fingerprint density at radius 1 is 1.47 bits per heavy atom. The van der Waals surface area contributed by atoms with Gasteiger partial charge in [-0.2, -0.15) is 0 Å². The Balaban J connectivity index is 3.10. The number of halogens is 1. The summed E-state index contributed by atoms with van der Waals surface area (Å²) in [6.45, 7) is 3.99. The van der Waals surface area contributed by atoms with Gasteiger partial charge in [-0.25, -0.2) is 0 Å². The van der Waals surface area contributed by atoms with Crippen molar-refractivity contribution in [2.75, 3.05) is 0 Å². The van der Waals surface area contributed by atoms with Crippen molar-refractivity contribution in [2.24, 2.45) is 0 Å². The van der Waals surface area contributed by atoms with Crippen molar-refractivity contribution in [1.82, 2.24) is 0 Å². The van der Waals surface area contributed by atoms with Gasteiger partial charge < -0.3 is 9.90 Å². The summed E-state index contributed by atoms with van der Waals surface area (Å²) in [7, 11) is 0. The minimum Gasteiger partial charge on any atom is -0.507 e. The molecule has 0 spiro atoms. The number of phenols is 1. The van der Waals surface area contributed by atoms with Gasteiger partial charge in [0.1, 0.15) is 12.0 Å². The zero-order valence-electron chi connectivity index (χ0n) is 8.96. The number of aldehydes is 1. The summed E-state index contributed by atoms with van der Waals surface area (Å²) in [5, 5.41) is 10.5. The molecule has 2 nitrogen and oxygen atoms in total. The molecule has 0 aliphatic heterocycles. The van der Waals surface area contributed by atoms with Crippen LogP contribution in [0.5, 0.6) is 5.75 Å². The average molecular weight is 227 g/mol. The van der Waals surface area contributed by atoms with Crippen LogP contribution >= 0.6 is 11.6 Å². The molecule has 0 unspecified atom stereocenters. The lowest BCUT2D eigenvalue weighted by molar-refractivity contribution is -0.107. The Morgan fingerprint density at radius 2 is 2.13 bits per heavy atom. The van der Waals surface area contributed by atoms with E-state index in [1.807, 2.05) is 13.8 Å². The van der Waals surface area contributed by atoms with Crippen molar-refractivity contribution in [3.8, 4) is 5.75 Å². The van der Waals surface area contributed by atoms with Crippen LogP contribution in [0.2, 0.25) is 5.02 Å². The molecule has 1 N–H and O–H groups in total. The standard InChI is InChI=1S/C12H15ClO2/c1-8(2)11-7-10(13)6-9(12(11)15)4-3-5-14/h5-8,15H,3-4H2,1-2H3. The van der Waals surface area contributed by atoms with E-state index in [0.717, 1.165) is 17.4 Å². The summed E-state index contributed by atoms with van der Waals surface area (Å²) in [5.74, 6) is 0.495. The zero-order valence-corrected chi connectivity index (χ0v) is 9.71. The number of hydrogen-bond acceptors (Lipinski definition) is 2. The summed E-state index contributed by atoms with van der Waals surface area (Å²) in [6, 6.07) is 3.48. The van der Waals surface area contributed by atoms with Crippen molar-refractivity contribution in [2.45, 2.75) is 32.6 Å². The van der Waals surface area contributed by atoms with Gasteiger partial charge in [0.25, 0.3) is 0 Å². The first-order valence-corrected chi connectivity index (χ1v) is 5.39. The molecule has 1 rings (SSSR count). The maximum absolute atomic E-state index is 10.3. The molecule has 0 bridgehead atoms. The first kappa shape index (κ1) is 12.1. The van der Waals surface area contributed by atoms with Crippen LogP contribution < -0.4 is 0 Å². The fourth-order valence-electron chi connectivity index (χ4n) is 1.52. The molecular weight excluding hydrogens is 212 g/mol. The molecule has 1 aromatic carbocycles. The third-order valence-corrected chi connectivity index (χ3v) is 2.55. The van der Waals surface area contributed by atoms with E-state index in [9.17, 15) is 9.90 Å². The highest BCUT2D eigenvalue weighted by atomic mass is 35.5. The summed E-state index contributed by atoms with van der Waals surface area (Å²) in [5.41, 5.74) is 1.58. The van der Waals surface area contributed by atoms with Gasteiger partial charge in [0.15, 0.2) is 0 Å². The van der Waals surface area contributed by atoms with Crippen LogP contribution in [-0.2, 0) is 11.2 Å². The fraction of sp³-hybridized carbons (Fsp3) is 0.417. The quantitative estimate of drug-likeness (QED) is 0.800. The number of benzene rings is 1. The van der Waals surface area contributed by atoms with Gasteiger partial charge >= 0.3 is 0 Å². The largest absolute Gasteiger partial charge is 0.507 e. The monoisotopic (exact) mass is 226 g/mol. The molecule has 0 amide bonds. The fourth-order valence-corrected chi connectivity index (χ4v) is 1.77. The predicted molar refractivity (Wildman–Crippen MR) is 61.6 cm³/mol. The molecule has 0 heterocycles. The molecule has 82 valence electrons. The smallest absolute Gasteiger partial charge is 0.122 e. The Hall–Kier alpha value is -1.02. The number of aromatic hydroxyl groups is 1. The van der Waals surface area contributed by atoms with Gasteiger partial charge in [-0.1, -0.05) is 25.4 Å². The highest BCUT2D eigenvalue weighted by Gasteiger charge is 2.11. The van der Waals surface area contributed by atoms with Crippen LogP contribution in [0.15, 0.2) is 12.1 Å². The van der Waals surface area contributed by atoms with E-state index < -0.39 is 0 Å². The number of aryl methyl sites for hydroxylation is 1. The first-order chi connectivity index (χ1) is 7.06. The van der Waals surface area contributed by atoms with E-state index in [1.54, 1.807) is 12.1 Å². The molecule has 1 aromatic rings. The van der Waals surface area contributed by atoms with E-state index in [1.165, 1.54) is 0 Å². The summed E-state index contributed by atoms with van der Waals surface area (Å²) < 4.78 is 0. The molecule has 3 heteroatoms. The van der Waals surface area contributed by atoms with Crippen LogP contribution in [0.3, 0.4) is 0 Å². The maximum atomic E-state index is 10.3. The molecule has 0 atom stereocenters. The number of carbonyl (C=O) groups is 1. The maximum Gasteiger partial charge on any atom is 0.122 e. The number of hydrogen-bond donors (Lipinski definition) is 1. The molecule has 15 heavy (non-hydrogen) atoms.